The van der Waals surface area contributed by atoms with Gasteiger partial charge < -0.3 is 10.5 Å². The van der Waals surface area contributed by atoms with Gasteiger partial charge in [0, 0.05) is 11.4 Å². The van der Waals surface area contributed by atoms with Crippen molar-refractivity contribution in [1.29, 1.82) is 0 Å². The smallest absolute Gasteiger partial charge is 0.140 e. The van der Waals surface area contributed by atoms with Crippen molar-refractivity contribution in [2.24, 2.45) is 5.73 Å². The van der Waals surface area contributed by atoms with Crippen molar-refractivity contribution in [1.82, 2.24) is 4.98 Å². The standard InChI is InChI=1S/C15H20N2OS/c1-3-11-6-5-7-12(8-11)18-10-15-17-13(4-2)14(9-16)19-15/h5-8H,3-4,9-10,16H2,1-2H3. The zero-order valence-corrected chi connectivity index (χ0v) is 12.3. The third-order valence-electron chi connectivity index (χ3n) is 3.01. The van der Waals surface area contributed by atoms with Crippen molar-refractivity contribution < 1.29 is 4.74 Å². The molecule has 0 fully saturated rings. The predicted molar refractivity (Wildman–Crippen MR) is 79.5 cm³/mol. The molecule has 3 nitrogen and oxygen atoms in total. The predicted octanol–water partition coefficient (Wildman–Crippen LogP) is 3.31. The van der Waals surface area contributed by atoms with Crippen LogP contribution < -0.4 is 10.5 Å². The topological polar surface area (TPSA) is 48.1 Å². The maximum absolute atomic E-state index is 5.80. The lowest BCUT2D eigenvalue weighted by Gasteiger charge is -2.05. The van der Waals surface area contributed by atoms with Gasteiger partial charge in [0.05, 0.1) is 5.69 Å². The highest BCUT2D eigenvalue weighted by atomic mass is 32.1. The molecule has 0 aliphatic carbocycles. The zero-order valence-electron chi connectivity index (χ0n) is 11.5. The minimum atomic E-state index is 0.519. The van der Waals surface area contributed by atoms with Gasteiger partial charge in [0.25, 0.3) is 0 Å². The van der Waals surface area contributed by atoms with Gasteiger partial charge in [-0.3, -0.25) is 0 Å². The fourth-order valence-electron chi connectivity index (χ4n) is 1.93. The Kier molecular flexibility index (Phi) is 4.93. The van der Waals surface area contributed by atoms with Crippen LogP contribution in [0.5, 0.6) is 5.75 Å². The van der Waals surface area contributed by atoms with Crippen LogP contribution in [0.2, 0.25) is 0 Å². The number of ether oxygens (including phenoxy) is 1. The largest absolute Gasteiger partial charge is 0.486 e. The van der Waals surface area contributed by atoms with Gasteiger partial charge in [0.15, 0.2) is 0 Å². The van der Waals surface area contributed by atoms with Gasteiger partial charge in [-0.25, -0.2) is 4.98 Å². The molecule has 0 unspecified atom stereocenters. The number of aromatic nitrogens is 1. The molecule has 0 radical (unpaired) electrons. The van der Waals surface area contributed by atoms with Crippen LogP contribution in [-0.2, 0) is 26.0 Å². The lowest BCUT2D eigenvalue weighted by Crippen LogP contribution is -1.97. The number of rotatable bonds is 6. The van der Waals surface area contributed by atoms with E-state index >= 15 is 0 Å². The van der Waals surface area contributed by atoms with Crippen molar-refractivity contribution in [3.63, 3.8) is 0 Å². The summed E-state index contributed by atoms with van der Waals surface area (Å²) >= 11 is 1.65. The van der Waals surface area contributed by atoms with Crippen molar-refractivity contribution in [2.45, 2.75) is 39.8 Å². The first-order chi connectivity index (χ1) is 9.26. The highest BCUT2D eigenvalue weighted by molar-refractivity contribution is 7.11. The number of benzene rings is 1. The van der Waals surface area contributed by atoms with Gasteiger partial charge in [-0.1, -0.05) is 26.0 Å². The fourth-order valence-corrected chi connectivity index (χ4v) is 2.88. The maximum atomic E-state index is 5.80. The van der Waals surface area contributed by atoms with E-state index in [1.165, 1.54) is 10.4 Å². The lowest BCUT2D eigenvalue weighted by atomic mass is 10.2. The van der Waals surface area contributed by atoms with E-state index in [0.29, 0.717) is 13.2 Å². The van der Waals surface area contributed by atoms with Crippen molar-refractivity contribution in [3.05, 3.63) is 45.4 Å². The van der Waals surface area contributed by atoms with E-state index in [4.69, 9.17) is 10.5 Å². The molecule has 4 heteroatoms. The summed E-state index contributed by atoms with van der Waals surface area (Å²) in [7, 11) is 0. The summed E-state index contributed by atoms with van der Waals surface area (Å²) in [6.07, 6.45) is 1.94. The highest BCUT2D eigenvalue weighted by Crippen LogP contribution is 2.21. The van der Waals surface area contributed by atoms with Crippen LogP contribution in [0.4, 0.5) is 0 Å². The molecule has 0 saturated carbocycles. The molecule has 0 spiro atoms. The number of hydrogen-bond donors (Lipinski definition) is 1. The Morgan fingerprint density at radius 3 is 2.74 bits per heavy atom. The van der Waals surface area contributed by atoms with E-state index < -0.39 is 0 Å². The van der Waals surface area contributed by atoms with Crippen LogP contribution in [0.1, 0.15) is 35.0 Å². The van der Waals surface area contributed by atoms with Gasteiger partial charge in [-0.05, 0) is 30.5 Å². The average molecular weight is 276 g/mol. The van der Waals surface area contributed by atoms with Crippen LogP contribution >= 0.6 is 11.3 Å². The van der Waals surface area contributed by atoms with Gasteiger partial charge in [-0.2, -0.15) is 0 Å². The number of hydrogen-bond acceptors (Lipinski definition) is 4. The third kappa shape index (κ3) is 3.55. The van der Waals surface area contributed by atoms with Gasteiger partial charge in [0.1, 0.15) is 17.4 Å². The molecule has 2 aromatic rings. The highest BCUT2D eigenvalue weighted by Gasteiger charge is 2.08. The molecule has 0 aliphatic heterocycles. The first kappa shape index (κ1) is 14.0. The zero-order chi connectivity index (χ0) is 13.7. The molecule has 102 valence electrons. The van der Waals surface area contributed by atoms with Crippen LogP contribution in [-0.4, -0.2) is 4.98 Å². The fraction of sp³-hybridized carbons (Fsp3) is 0.400. The third-order valence-corrected chi connectivity index (χ3v) is 4.11. The second kappa shape index (κ2) is 6.68. The number of thiazole rings is 1. The summed E-state index contributed by atoms with van der Waals surface area (Å²) < 4.78 is 5.80. The molecule has 0 atom stereocenters. The van der Waals surface area contributed by atoms with E-state index in [1.54, 1.807) is 11.3 Å². The van der Waals surface area contributed by atoms with Gasteiger partial charge in [0.2, 0.25) is 0 Å². The molecule has 2 rings (SSSR count). The minimum Gasteiger partial charge on any atom is -0.486 e. The van der Waals surface area contributed by atoms with E-state index in [2.05, 4.69) is 31.0 Å². The van der Waals surface area contributed by atoms with Gasteiger partial charge >= 0.3 is 0 Å². The lowest BCUT2D eigenvalue weighted by molar-refractivity contribution is 0.305. The SMILES string of the molecule is CCc1cccc(OCc2nc(CC)c(CN)s2)c1. The van der Waals surface area contributed by atoms with E-state index in [9.17, 15) is 0 Å². The quantitative estimate of drug-likeness (QED) is 0.880. The summed E-state index contributed by atoms with van der Waals surface area (Å²) in [5, 5.41) is 0.999. The summed E-state index contributed by atoms with van der Waals surface area (Å²) in [5.74, 6) is 0.905. The summed E-state index contributed by atoms with van der Waals surface area (Å²) in [4.78, 5) is 5.74. The second-order valence-corrected chi connectivity index (χ2v) is 5.49. The van der Waals surface area contributed by atoms with Crippen LogP contribution in [0.25, 0.3) is 0 Å². The Labute approximate surface area is 118 Å². The molecule has 1 heterocycles. The molecule has 0 saturated heterocycles. The Morgan fingerprint density at radius 1 is 1.26 bits per heavy atom. The second-order valence-electron chi connectivity index (χ2n) is 4.32. The maximum Gasteiger partial charge on any atom is 0.140 e. The monoisotopic (exact) mass is 276 g/mol. The average Bonchev–Trinajstić information content (AvgIpc) is 2.87. The van der Waals surface area contributed by atoms with E-state index in [-0.39, 0.29) is 0 Å². The molecule has 1 aromatic heterocycles. The minimum absolute atomic E-state index is 0.519. The Hall–Kier alpha value is -1.39. The van der Waals surface area contributed by atoms with E-state index in [0.717, 1.165) is 29.3 Å². The Balaban J connectivity index is 2.03. The number of nitrogens with zero attached hydrogens (tertiary/aromatic N) is 1. The molecular weight excluding hydrogens is 256 g/mol. The van der Waals surface area contributed by atoms with Gasteiger partial charge in [-0.15, -0.1) is 11.3 Å². The number of aryl methyl sites for hydroxylation is 2. The summed E-state index contributed by atoms with van der Waals surface area (Å²) in [5.41, 5.74) is 8.10. The molecule has 0 amide bonds. The Morgan fingerprint density at radius 2 is 2.11 bits per heavy atom. The van der Waals surface area contributed by atoms with Crippen LogP contribution in [0, 0.1) is 0 Å². The summed E-state index contributed by atoms with van der Waals surface area (Å²) in [6, 6.07) is 8.20. The van der Waals surface area contributed by atoms with Crippen molar-refractivity contribution >= 4 is 11.3 Å². The van der Waals surface area contributed by atoms with Crippen LogP contribution in [0.15, 0.2) is 24.3 Å². The molecule has 0 aliphatic rings. The molecular formula is C15H20N2OS. The Bertz CT molecular complexity index is 515. The number of nitrogens with two attached hydrogens (primary N) is 1. The van der Waals surface area contributed by atoms with Crippen molar-refractivity contribution in [3.8, 4) is 5.75 Å². The normalized spacial score (nSPS) is 10.7. The molecule has 2 N–H and O–H groups in total. The van der Waals surface area contributed by atoms with E-state index in [1.807, 2.05) is 12.1 Å². The summed E-state index contributed by atoms with van der Waals surface area (Å²) in [6.45, 7) is 5.32. The first-order valence-corrected chi connectivity index (χ1v) is 7.47. The first-order valence-electron chi connectivity index (χ1n) is 6.66. The molecule has 19 heavy (non-hydrogen) atoms. The molecule has 1 aromatic carbocycles. The molecule has 0 bridgehead atoms. The van der Waals surface area contributed by atoms with Crippen LogP contribution in [0.3, 0.4) is 0 Å². The van der Waals surface area contributed by atoms with Crippen molar-refractivity contribution in [2.75, 3.05) is 0 Å².